The molecule has 0 spiro atoms. The van der Waals surface area contributed by atoms with E-state index in [9.17, 15) is 18.0 Å². The van der Waals surface area contributed by atoms with Crippen LogP contribution in [0.1, 0.15) is 37.8 Å². The molecule has 46 heavy (non-hydrogen) atoms. The van der Waals surface area contributed by atoms with Crippen molar-refractivity contribution >= 4 is 50.7 Å². The minimum absolute atomic E-state index is 0.0153. The van der Waals surface area contributed by atoms with Gasteiger partial charge >= 0.3 is 0 Å². The molecular formula is C35H37Cl2N3O5S. The van der Waals surface area contributed by atoms with Crippen molar-refractivity contribution in [2.24, 2.45) is 0 Å². The summed E-state index contributed by atoms with van der Waals surface area (Å²) in [6, 6.07) is 26.0. The molecule has 0 heterocycles. The van der Waals surface area contributed by atoms with Gasteiger partial charge in [-0.3, -0.25) is 13.9 Å². The van der Waals surface area contributed by atoms with E-state index < -0.39 is 28.5 Å². The van der Waals surface area contributed by atoms with Gasteiger partial charge in [-0.2, -0.15) is 0 Å². The van der Waals surface area contributed by atoms with Crippen molar-refractivity contribution in [1.29, 1.82) is 0 Å². The standard InChI is InChI=1S/C35H37Cl2N3O5S/c1-4-5-22-38-35(42)26(3)39(23-31-32(36)12-9-13-33(31)37)34(41)24-40(46(43,44)30-20-14-25(2)15-21-30)27-16-18-29(19-17-27)45-28-10-7-6-8-11-28/h6-21,26H,4-5,22-24H2,1-3H3,(H,38,42)/t26-/m1/s1. The number of aryl methyl sites for hydroxylation is 1. The molecule has 242 valence electrons. The fraction of sp³-hybridized carbons (Fsp3) is 0.257. The number of para-hydroxylation sites is 1. The number of ether oxygens (including phenoxy) is 1. The van der Waals surface area contributed by atoms with Crippen molar-refractivity contribution in [2.75, 3.05) is 17.4 Å². The number of rotatable bonds is 14. The molecule has 1 atom stereocenters. The highest BCUT2D eigenvalue weighted by molar-refractivity contribution is 7.92. The lowest BCUT2D eigenvalue weighted by atomic mass is 10.1. The smallest absolute Gasteiger partial charge is 0.264 e. The van der Waals surface area contributed by atoms with Crippen LogP contribution in [-0.4, -0.2) is 44.3 Å². The van der Waals surface area contributed by atoms with E-state index in [-0.39, 0.29) is 23.0 Å². The monoisotopic (exact) mass is 681 g/mol. The second kappa shape index (κ2) is 16.0. The van der Waals surface area contributed by atoms with E-state index in [4.69, 9.17) is 27.9 Å². The third-order valence-electron chi connectivity index (χ3n) is 7.38. The molecule has 2 amide bonds. The normalized spacial score (nSPS) is 11.8. The number of nitrogens with one attached hydrogen (secondary N) is 1. The number of carbonyl (C=O) groups is 2. The van der Waals surface area contributed by atoms with Crippen LogP contribution < -0.4 is 14.4 Å². The molecule has 11 heteroatoms. The Morgan fingerprint density at radius 1 is 0.848 bits per heavy atom. The number of anilines is 1. The molecule has 1 N–H and O–H groups in total. The minimum Gasteiger partial charge on any atom is -0.457 e. The van der Waals surface area contributed by atoms with Crippen molar-refractivity contribution in [3.05, 3.63) is 118 Å². The Kier molecular flexibility index (Phi) is 12.1. The third kappa shape index (κ3) is 8.81. The second-order valence-electron chi connectivity index (χ2n) is 10.8. The predicted octanol–water partition coefficient (Wildman–Crippen LogP) is 7.62. The van der Waals surface area contributed by atoms with Gasteiger partial charge < -0.3 is 15.0 Å². The molecule has 0 aliphatic carbocycles. The zero-order valence-corrected chi connectivity index (χ0v) is 28.3. The van der Waals surface area contributed by atoms with Gasteiger partial charge in [0, 0.05) is 28.7 Å². The van der Waals surface area contributed by atoms with Crippen LogP contribution in [0.2, 0.25) is 10.0 Å². The maximum Gasteiger partial charge on any atom is 0.264 e. The summed E-state index contributed by atoms with van der Waals surface area (Å²) in [6.45, 7) is 5.20. The van der Waals surface area contributed by atoms with Gasteiger partial charge in [0.2, 0.25) is 11.8 Å². The summed E-state index contributed by atoms with van der Waals surface area (Å²) in [6.07, 6.45) is 1.66. The fourth-order valence-corrected chi connectivity index (χ4v) is 6.57. The molecule has 4 aromatic rings. The summed E-state index contributed by atoms with van der Waals surface area (Å²) >= 11 is 12.9. The van der Waals surface area contributed by atoms with Crippen molar-refractivity contribution < 1.29 is 22.7 Å². The summed E-state index contributed by atoms with van der Waals surface area (Å²) in [5.41, 5.74) is 1.57. The van der Waals surface area contributed by atoms with Gasteiger partial charge in [0.15, 0.2) is 0 Å². The number of hydrogen-bond donors (Lipinski definition) is 1. The number of hydrogen-bond acceptors (Lipinski definition) is 5. The molecule has 0 bridgehead atoms. The van der Waals surface area contributed by atoms with Crippen LogP contribution in [0.4, 0.5) is 5.69 Å². The Hall–Kier alpha value is -4.05. The van der Waals surface area contributed by atoms with E-state index >= 15 is 0 Å². The van der Waals surface area contributed by atoms with Crippen LogP contribution in [0.3, 0.4) is 0 Å². The highest BCUT2D eigenvalue weighted by atomic mass is 35.5. The number of amides is 2. The molecule has 0 unspecified atom stereocenters. The van der Waals surface area contributed by atoms with Gasteiger partial charge in [0.05, 0.1) is 10.6 Å². The molecule has 8 nitrogen and oxygen atoms in total. The van der Waals surface area contributed by atoms with Gasteiger partial charge in [-0.1, -0.05) is 78.5 Å². The average Bonchev–Trinajstić information content (AvgIpc) is 3.04. The number of sulfonamides is 1. The first kappa shape index (κ1) is 34.8. The number of nitrogens with zero attached hydrogens (tertiary/aromatic N) is 2. The Morgan fingerprint density at radius 2 is 1.46 bits per heavy atom. The predicted molar refractivity (Wildman–Crippen MR) is 183 cm³/mol. The topological polar surface area (TPSA) is 96.0 Å². The van der Waals surface area contributed by atoms with Crippen LogP contribution in [0.5, 0.6) is 11.5 Å². The largest absolute Gasteiger partial charge is 0.457 e. The first-order valence-electron chi connectivity index (χ1n) is 14.9. The van der Waals surface area contributed by atoms with E-state index in [2.05, 4.69) is 5.32 Å². The Bertz CT molecular complexity index is 1710. The van der Waals surface area contributed by atoms with Crippen LogP contribution in [-0.2, 0) is 26.2 Å². The fourth-order valence-electron chi connectivity index (χ4n) is 4.64. The van der Waals surface area contributed by atoms with E-state index in [1.165, 1.54) is 17.0 Å². The van der Waals surface area contributed by atoms with Crippen molar-refractivity contribution in [3.63, 3.8) is 0 Å². The van der Waals surface area contributed by atoms with Crippen LogP contribution in [0.15, 0.2) is 102 Å². The van der Waals surface area contributed by atoms with Crippen molar-refractivity contribution in [2.45, 2.75) is 51.1 Å². The van der Waals surface area contributed by atoms with Crippen LogP contribution in [0.25, 0.3) is 0 Å². The number of benzene rings is 4. The number of halogens is 2. The highest BCUT2D eigenvalue weighted by Crippen LogP contribution is 2.30. The maximum absolute atomic E-state index is 14.2. The zero-order valence-electron chi connectivity index (χ0n) is 26.0. The third-order valence-corrected chi connectivity index (χ3v) is 9.87. The highest BCUT2D eigenvalue weighted by Gasteiger charge is 2.33. The van der Waals surface area contributed by atoms with Gasteiger partial charge in [0.25, 0.3) is 10.0 Å². The molecule has 0 saturated heterocycles. The summed E-state index contributed by atoms with van der Waals surface area (Å²) in [4.78, 5) is 28.7. The SMILES string of the molecule is CCCCNC(=O)[C@@H](C)N(Cc1c(Cl)cccc1Cl)C(=O)CN(c1ccc(Oc2ccccc2)cc1)S(=O)(=O)c1ccc(C)cc1. The molecule has 4 rings (SSSR count). The van der Waals surface area contributed by atoms with Gasteiger partial charge in [-0.05, 0) is 80.9 Å². The molecule has 0 aromatic heterocycles. The second-order valence-corrected chi connectivity index (χ2v) is 13.5. The van der Waals surface area contributed by atoms with Crippen LogP contribution in [0, 0.1) is 6.92 Å². The maximum atomic E-state index is 14.2. The number of carbonyl (C=O) groups excluding carboxylic acids is 2. The quantitative estimate of drug-likeness (QED) is 0.138. The summed E-state index contributed by atoms with van der Waals surface area (Å²) in [5, 5.41) is 3.50. The average molecular weight is 683 g/mol. The molecule has 0 fully saturated rings. The first-order chi connectivity index (χ1) is 22.0. The molecule has 0 aliphatic heterocycles. The Morgan fingerprint density at radius 3 is 2.07 bits per heavy atom. The van der Waals surface area contributed by atoms with E-state index in [0.717, 1.165) is 22.7 Å². The lowest BCUT2D eigenvalue weighted by molar-refractivity contribution is -0.139. The zero-order chi connectivity index (χ0) is 33.3. The van der Waals surface area contributed by atoms with Gasteiger partial charge in [-0.15, -0.1) is 0 Å². The molecular weight excluding hydrogens is 645 g/mol. The summed E-state index contributed by atoms with van der Waals surface area (Å²) in [5.74, 6) is 0.116. The van der Waals surface area contributed by atoms with E-state index in [0.29, 0.717) is 33.7 Å². The number of unbranched alkanes of at least 4 members (excludes halogenated alkanes) is 1. The summed E-state index contributed by atoms with van der Waals surface area (Å²) in [7, 11) is -4.23. The Balaban J connectivity index is 1.71. The molecule has 0 saturated carbocycles. The van der Waals surface area contributed by atoms with E-state index in [1.807, 2.05) is 32.0 Å². The lowest BCUT2D eigenvalue weighted by Crippen LogP contribution is -2.51. The van der Waals surface area contributed by atoms with Gasteiger partial charge in [-0.25, -0.2) is 8.42 Å². The Labute approximate surface area is 280 Å². The molecule has 0 aliphatic rings. The van der Waals surface area contributed by atoms with Gasteiger partial charge in [0.1, 0.15) is 24.1 Å². The lowest BCUT2D eigenvalue weighted by Gasteiger charge is -2.32. The van der Waals surface area contributed by atoms with Crippen molar-refractivity contribution in [1.82, 2.24) is 10.2 Å². The molecule has 0 radical (unpaired) electrons. The molecule has 4 aromatic carbocycles. The summed E-state index contributed by atoms with van der Waals surface area (Å²) < 4.78 is 35.2. The minimum atomic E-state index is -4.23. The van der Waals surface area contributed by atoms with Crippen LogP contribution >= 0.6 is 23.2 Å². The van der Waals surface area contributed by atoms with Crippen molar-refractivity contribution in [3.8, 4) is 11.5 Å². The van der Waals surface area contributed by atoms with E-state index in [1.54, 1.807) is 73.7 Å². The first-order valence-corrected chi connectivity index (χ1v) is 17.1.